The Morgan fingerprint density at radius 2 is 1.68 bits per heavy atom. The van der Waals surface area contributed by atoms with E-state index in [1.165, 1.54) is 25.3 Å². The first-order chi connectivity index (χ1) is 19.8. The number of ether oxygens (including phenoxy) is 3. The van der Waals surface area contributed by atoms with E-state index >= 15 is 0 Å². The van der Waals surface area contributed by atoms with Crippen molar-refractivity contribution in [2.45, 2.75) is 59.5 Å². The second-order valence-corrected chi connectivity index (χ2v) is 10.2. The summed E-state index contributed by atoms with van der Waals surface area (Å²) in [5.74, 6) is 0.407. The van der Waals surface area contributed by atoms with Crippen molar-refractivity contribution in [3.05, 3.63) is 93.6 Å². The second-order valence-electron chi connectivity index (χ2n) is 10.2. The number of aryl methyl sites for hydroxylation is 1. The maximum absolute atomic E-state index is 13.1. The minimum absolute atomic E-state index is 0.178. The van der Waals surface area contributed by atoms with E-state index < -0.39 is 5.97 Å². The molecular weight excluding hydrogens is 520 g/mol. The van der Waals surface area contributed by atoms with Gasteiger partial charge in [0, 0.05) is 30.2 Å². The number of hydrogen-bond donors (Lipinski definition) is 0. The fourth-order valence-electron chi connectivity index (χ4n) is 4.61. The molecule has 0 aliphatic rings. The van der Waals surface area contributed by atoms with Crippen LogP contribution in [0.3, 0.4) is 0 Å². The van der Waals surface area contributed by atoms with Crippen LogP contribution in [0.1, 0.15) is 67.4 Å². The predicted octanol–water partition coefficient (Wildman–Crippen LogP) is 7.65. The zero-order valence-electron chi connectivity index (χ0n) is 24.0. The lowest BCUT2D eigenvalue weighted by molar-refractivity contribution is -0.146. The van der Waals surface area contributed by atoms with Crippen molar-refractivity contribution < 1.29 is 28.2 Å². The molecule has 214 valence electrons. The van der Waals surface area contributed by atoms with Gasteiger partial charge in [-0.25, -0.2) is 4.79 Å². The van der Waals surface area contributed by atoms with Crippen LogP contribution in [-0.2, 0) is 16.1 Å². The van der Waals surface area contributed by atoms with Crippen LogP contribution in [0.2, 0.25) is 0 Å². The number of benzene rings is 3. The monoisotopic (exact) mass is 556 g/mol. The molecule has 1 heterocycles. The number of carbonyl (C=O) groups excluding carboxylic acids is 2. The highest BCUT2D eigenvalue weighted by Crippen LogP contribution is 2.32. The Bertz CT molecular complexity index is 1550. The number of unbranched alkanes of at least 4 members (excludes halogenated alkanes) is 1. The van der Waals surface area contributed by atoms with Gasteiger partial charge in [-0.2, -0.15) is 0 Å². The molecule has 0 aliphatic carbocycles. The quantitative estimate of drug-likeness (QED) is 0.131. The van der Waals surface area contributed by atoms with Gasteiger partial charge in [-0.15, -0.1) is 0 Å². The van der Waals surface area contributed by atoms with Crippen LogP contribution in [0.15, 0.2) is 75.9 Å². The van der Waals surface area contributed by atoms with Crippen molar-refractivity contribution in [1.29, 1.82) is 0 Å². The molecule has 4 aromatic rings. The lowest BCUT2D eigenvalue weighted by Crippen LogP contribution is -2.11. The summed E-state index contributed by atoms with van der Waals surface area (Å²) in [6.45, 7) is 6.36. The van der Waals surface area contributed by atoms with Crippen molar-refractivity contribution >= 4 is 22.9 Å². The molecule has 0 N–H and O–H groups in total. The third-order valence-corrected chi connectivity index (χ3v) is 7.12. The first-order valence-corrected chi connectivity index (χ1v) is 14.0. The van der Waals surface area contributed by atoms with Gasteiger partial charge in [0.25, 0.3) is 0 Å². The SMILES string of the molecule is CCCCC(CC)CC(=O)OCc1ccc(-c2cc(=O)c3c(OC)cc(OC(=O)c4ccc(C)cc4)cc3o2)cc1. The number of esters is 2. The number of rotatable bonds is 12. The van der Waals surface area contributed by atoms with E-state index in [9.17, 15) is 14.4 Å². The standard InChI is InChI=1S/C34H36O7/c1-5-7-8-23(6-2)17-32(36)39-21-24-11-15-25(16-12-24)29-20-28(35)33-30(38-4)18-27(19-31(33)41-29)40-34(37)26-13-9-22(3)10-14-26/h9-16,18-20,23H,5-8,17,21H2,1-4H3. The molecule has 7 heteroatoms. The summed E-state index contributed by atoms with van der Waals surface area (Å²) in [6.07, 6.45) is 4.67. The molecule has 3 aromatic carbocycles. The molecular formula is C34H36O7. The van der Waals surface area contributed by atoms with Crippen LogP contribution in [0, 0.1) is 12.8 Å². The average molecular weight is 557 g/mol. The van der Waals surface area contributed by atoms with Gasteiger partial charge in [0.05, 0.1) is 12.7 Å². The minimum Gasteiger partial charge on any atom is -0.496 e. The fraction of sp³-hybridized carbons (Fsp3) is 0.324. The molecule has 1 aromatic heterocycles. The zero-order valence-corrected chi connectivity index (χ0v) is 24.0. The van der Waals surface area contributed by atoms with E-state index in [1.807, 2.05) is 43.3 Å². The molecule has 7 nitrogen and oxygen atoms in total. The van der Waals surface area contributed by atoms with Crippen molar-refractivity contribution in [2.24, 2.45) is 5.92 Å². The van der Waals surface area contributed by atoms with E-state index in [0.29, 0.717) is 29.2 Å². The molecule has 0 fully saturated rings. The Morgan fingerprint density at radius 3 is 2.34 bits per heavy atom. The lowest BCUT2D eigenvalue weighted by atomic mass is 9.96. The van der Waals surface area contributed by atoms with E-state index in [0.717, 1.165) is 36.8 Å². The van der Waals surface area contributed by atoms with Gasteiger partial charge >= 0.3 is 11.9 Å². The molecule has 0 saturated carbocycles. The highest BCUT2D eigenvalue weighted by atomic mass is 16.5. The van der Waals surface area contributed by atoms with E-state index in [2.05, 4.69) is 13.8 Å². The summed E-state index contributed by atoms with van der Waals surface area (Å²) in [6, 6.07) is 18.7. The second kappa shape index (κ2) is 13.8. The Balaban J connectivity index is 1.50. The largest absolute Gasteiger partial charge is 0.496 e. The van der Waals surface area contributed by atoms with Crippen LogP contribution in [0.25, 0.3) is 22.3 Å². The first kappa shape index (κ1) is 29.6. The number of carbonyl (C=O) groups is 2. The molecule has 4 rings (SSSR count). The Kier molecular flexibility index (Phi) is 9.95. The van der Waals surface area contributed by atoms with Gasteiger partial charge in [0.15, 0.2) is 5.43 Å². The van der Waals surface area contributed by atoms with Crippen LogP contribution < -0.4 is 14.9 Å². The van der Waals surface area contributed by atoms with E-state index in [-0.39, 0.29) is 40.5 Å². The third kappa shape index (κ3) is 7.63. The average Bonchev–Trinajstić information content (AvgIpc) is 2.98. The summed E-state index contributed by atoms with van der Waals surface area (Å²) in [4.78, 5) is 38.1. The van der Waals surface area contributed by atoms with Crippen molar-refractivity contribution in [3.8, 4) is 22.8 Å². The number of hydrogen-bond acceptors (Lipinski definition) is 7. The van der Waals surface area contributed by atoms with Gasteiger partial charge in [-0.05, 0) is 37.0 Å². The Labute approximate surface area is 240 Å². The lowest BCUT2D eigenvalue weighted by Gasteiger charge is -2.13. The zero-order chi connectivity index (χ0) is 29.4. The highest BCUT2D eigenvalue weighted by Gasteiger charge is 2.17. The smallest absolute Gasteiger partial charge is 0.343 e. The molecule has 1 atom stereocenters. The topological polar surface area (TPSA) is 92.0 Å². The van der Waals surface area contributed by atoms with E-state index in [1.54, 1.807) is 12.1 Å². The van der Waals surface area contributed by atoms with Gasteiger partial charge in [0.1, 0.15) is 34.8 Å². The molecule has 1 unspecified atom stereocenters. The normalized spacial score (nSPS) is 11.7. The van der Waals surface area contributed by atoms with Crippen LogP contribution in [0.4, 0.5) is 0 Å². The molecule has 0 spiro atoms. The highest BCUT2D eigenvalue weighted by molar-refractivity contribution is 5.92. The first-order valence-electron chi connectivity index (χ1n) is 14.0. The molecule has 0 aliphatic heterocycles. The Hall–Kier alpha value is -4.39. The number of methoxy groups -OCH3 is 1. The third-order valence-electron chi connectivity index (χ3n) is 7.12. The summed E-state index contributed by atoms with van der Waals surface area (Å²) < 4.78 is 22.6. The molecule has 0 amide bonds. The molecule has 0 bridgehead atoms. The summed E-state index contributed by atoms with van der Waals surface area (Å²) >= 11 is 0. The van der Waals surface area contributed by atoms with E-state index in [4.69, 9.17) is 18.6 Å². The van der Waals surface area contributed by atoms with Gasteiger partial charge in [-0.3, -0.25) is 9.59 Å². The maximum Gasteiger partial charge on any atom is 0.343 e. The summed E-state index contributed by atoms with van der Waals surface area (Å²) in [7, 11) is 1.44. The summed E-state index contributed by atoms with van der Waals surface area (Å²) in [5, 5.41) is 0.249. The number of fused-ring (bicyclic) bond motifs is 1. The molecule has 0 saturated heterocycles. The molecule has 0 radical (unpaired) electrons. The summed E-state index contributed by atoms with van der Waals surface area (Å²) in [5.41, 5.74) is 2.87. The van der Waals surface area contributed by atoms with Crippen LogP contribution in [0.5, 0.6) is 11.5 Å². The van der Waals surface area contributed by atoms with Gasteiger partial charge in [-0.1, -0.05) is 75.1 Å². The van der Waals surface area contributed by atoms with Crippen molar-refractivity contribution in [1.82, 2.24) is 0 Å². The van der Waals surface area contributed by atoms with Gasteiger partial charge < -0.3 is 18.6 Å². The van der Waals surface area contributed by atoms with Crippen LogP contribution >= 0.6 is 0 Å². The van der Waals surface area contributed by atoms with Crippen molar-refractivity contribution in [3.63, 3.8) is 0 Å². The Morgan fingerprint density at radius 1 is 0.951 bits per heavy atom. The fourth-order valence-corrected chi connectivity index (χ4v) is 4.61. The minimum atomic E-state index is -0.535. The van der Waals surface area contributed by atoms with Crippen molar-refractivity contribution in [2.75, 3.05) is 7.11 Å². The molecule has 41 heavy (non-hydrogen) atoms. The van der Waals surface area contributed by atoms with Gasteiger partial charge in [0.2, 0.25) is 0 Å². The predicted molar refractivity (Wildman–Crippen MR) is 158 cm³/mol. The van der Waals surface area contributed by atoms with Crippen LogP contribution in [-0.4, -0.2) is 19.0 Å². The maximum atomic E-state index is 13.1.